The zero-order valence-corrected chi connectivity index (χ0v) is 13.2. The lowest BCUT2D eigenvalue weighted by atomic mass is 9.53. The Hall–Kier alpha value is -1.06. The number of aliphatic hydroxyl groups is 1. The number of carbonyl (C=O) groups is 1. The molecule has 0 amide bonds. The zero-order chi connectivity index (χ0) is 15.3. The summed E-state index contributed by atoms with van der Waals surface area (Å²) in [5.74, 6) is -0.610. The minimum Gasteiger partial charge on any atom is -0.467 e. The topological polar surface area (TPSA) is 46.5 Å². The Morgan fingerprint density at radius 1 is 1.43 bits per heavy atom. The fraction of sp³-hybridized carbons (Fsp3) is 0.588. The Bertz CT molecular complexity index is 585. The maximum absolute atomic E-state index is 12.2. The van der Waals surface area contributed by atoms with Crippen molar-refractivity contribution in [3.8, 4) is 0 Å². The molecule has 0 unspecified atom stereocenters. The number of esters is 1. The highest BCUT2D eigenvalue weighted by Crippen LogP contribution is 2.54. The highest BCUT2D eigenvalue weighted by atomic mass is 35.5. The number of hydrogen-bond acceptors (Lipinski definition) is 3. The van der Waals surface area contributed by atoms with Gasteiger partial charge in [-0.15, -0.1) is 0 Å². The average Bonchev–Trinajstić information content (AvgIpc) is 2.46. The maximum atomic E-state index is 12.2. The van der Waals surface area contributed by atoms with Crippen LogP contribution in [0.2, 0.25) is 5.02 Å². The largest absolute Gasteiger partial charge is 0.467 e. The lowest BCUT2D eigenvalue weighted by Crippen LogP contribution is -2.58. The molecule has 0 bridgehead atoms. The van der Waals surface area contributed by atoms with Crippen LogP contribution in [-0.4, -0.2) is 23.8 Å². The Morgan fingerprint density at radius 3 is 2.90 bits per heavy atom. The number of hydrogen-bond donors (Lipinski definition) is 1. The quantitative estimate of drug-likeness (QED) is 0.810. The van der Waals surface area contributed by atoms with Crippen molar-refractivity contribution in [2.75, 3.05) is 7.11 Å². The van der Waals surface area contributed by atoms with E-state index in [1.54, 1.807) is 0 Å². The van der Waals surface area contributed by atoms with Crippen molar-refractivity contribution in [2.45, 2.75) is 50.0 Å². The highest BCUT2D eigenvalue weighted by molar-refractivity contribution is 6.30. The predicted molar refractivity (Wildman–Crippen MR) is 81.4 cm³/mol. The number of aryl methyl sites for hydroxylation is 1. The fourth-order valence-corrected chi connectivity index (χ4v) is 4.67. The number of methoxy groups -OCH3 is 1. The number of rotatable bonds is 1. The first-order chi connectivity index (χ1) is 9.91. The first-order valence-electron chi connectivity index (χ1n) is 7.51. The van der Waals surface area contributed by atoms with E-state index in [1.807, 2.05) is 12.1 Å². The van der Waals surface area contributed by atoms with Crippen LogP contribution in [0, 0.1) is 5.92 Å². The molecule has 0 heterocycles. The second-order valence-corrected chi connectivity index (χ2v) is 7.02. The number of ether oxygens (including phenoxy) is 1. The van der Waals surface area contributed by atoms with Gasteiger partial charge in [0.2, 0.25) is 0 Å². The summed E-state index contributed by atoms with van der Waals surface area (Å²) in [6, 6.07) is 6.00. The van der Waals surface area contributed by atoms with Crippen molar-refractivity contribution < 1.29 is 14.6 Å². The molecule has 3 atom stereocenters. The van der Waals surface area contributed by atoms with Gasteiger partial charge in [0.05, 0.1) is 7.11 Å². The van der Waals surface area contributed by atoms with E-state index in [-0.39, 0.29) is 11.3 Å². The smallest absolute Gasteiger partial charge is 0.338 e. The van der Waals surface area contributed by atoms with Gasteiger partial charge in [0.25, 0.3) is 0 Å². The Morgan fingerprint density at radius 2 is 2.19 bits per heavy atom. The van der Waals surface area contributed by atoms with Crippen molar-refractivity contribution >= 4 is 17.6 Å². The molecule has 2 aliphatic carbocycles. The van der Waals surface area contributed by atoms with E-state index in [2.05, 4.69) is 13.0 Å². The van der Waals surface area contributed by atoms with Crippen LogP contribution in [0.25, 0.3) is 0 Å². The van der Waals surface area contributed by atoms with Crippen LogP contribution in [0.4, 0.5) is 0 Å². The SMILES string of the molecule is COC(=O)[C@]1(O)CCC[C@]2(C)c3cc(Cl)ccc3CC[C@@H]12. The normalized spacial score (nSPS) is 34.8. The highest BCUT2D eigenvalue weighted by Gasteiger charge is 2.57. The van der Waals surface area contributed by atoms with Gasteiger partial charge in [-0.2, -0.15) is 0 Å². The molecule has 3 nitrogen and oxygen atoms in total. The van der Waals surface area contributed by atoms with E-state index < -0.39 is 11.6 Å². The summed E-state index contributed by atoms with van der Waals surface area (Å²) in [6.07, 6.45) is 3.92. The summed E-state index contributed by atoms with van der Waals surface area (Å²) in [6.45, 7) is 2.15. The molecule has 0 aliphatic heterocycles. The number of fused-ring (bicyclic) bond motifs is 3. The molecule has 4 heteroatoms. The van der Waals surface area contributed by atoms with Gasteiger partial charge in [-0.1, -0.05) is 24.6 Å². The second-order valence-electron chi connectivity index (χ2n) is 6.58. The van der Waals surface area contributed by atoms with Gasteiger partial charge in [0.1, 0.15) is 0 Å². The van der Waals surface area contributed by atoms with Crippen molar-refractivity contribution in [2.24, 2.45) is 5.92 Å². The van der Waals surface area contributed by atoms with Crippen LogP contribution in [0.3, 0.4) is 0 Å². The molecule has 1 fully saturated rings. The lowest BCUT2D eigenvalue weighted by Gasteiger charge is -2.52. The minimum absolute atomic E-state index is 0.114. The van der Waals surface area contributed by atoms with Crippen LogP contribution in [0.1, 0.15) is 43.7 Å². The third-order valence-corrected chi connectivity index (χ3v) is 5.76. The van der Waals surface area contributed by atoms with Crippen LogP contribution in [-0.2, 0) is 21.4 Å². The van der Waals surface area contributed by atoms with Crippen molar-refractivity contribution in [3.63, 3.8) is 0 Å². The monoisotopic (exact) mass is 308 g/mol. The maximum Gasteiger partial charge on any atom is 0.338 e. The van der Waals surface area contributed by atoms with Gasteiger partial charge >= 0.3 is 5.97 Å². The Kier molecular flexibility index (Phi) is 3.53. The molecule has 0 saturated heterocycles. The first-order valence-corrected chi connectivity index (χ1v) is 7.89. The van der Waals surface area contributed by atoms with Crippen molar-refractivity contribution in [3.05, 3.63) is 34.3 Å². The predicted octanol–water partition coefficient (Wildman–Crippen LogP) is 3.25. The fourth-order valence-electron chi connectivity index (χ4n) is 4.50. The molecule has 0 radical (unpaired) electrons. The third kappa shape index (κ3) is 2.09. The van der Waals surface area contributed by atoms with E-state index in [4.69, 9.17) is 16.3 Å². The van der Waals surface area contributed by atoms with Crippen molar-refractivity contribution in [1.29, 1.82) is 0 Å². The number of carbonyl (C=O) groups excluding carboxylic acids is 1. The molecule has 21 heavy (non-hydrogen) atoms. The van der Waals surface area contributed by atoms with E-state index >= 15 is 0 Å². The molecule has 0 aromatic heterocycles. The summed E-state index contributed by atoms with van der Waals surface area (Å²) in [4.78, 5) is 12.2. The lowest BCUT2D eigenvalue weighted by molar-refractivity contribution is -0.179. The van der Waals surface area contributed by atoms with Crippen LogP contribution >= 0.6 is 11.6 Å². The third-order valence-electron chi connectivity index (χ3n) is 5.53. The van der Waals surface area contributed by atoms with Gasteiger partial charge in [-0.05, 0) is 60.8 Å². The van der Waals surface area contributed by atoms with Crippen LogP contribution < -0.4 is 0 Å². The molecule has 1 saturated carbocycles. The first kappa shape index (κ1) is 14.9. The molecule has 0 spiro atoms. The van der Waals surface area contributed by atoms with Gasteiger partial charge in [0.15, 0.2) is 5.60 Å². The molecule has 1 aromatic carbocycles. The van der Waals surface area contributed by atoms with E-state index in [1.165, 1.54) is 18.2 Å². The summed E-state index contributed by atoms with van der Waals surface area (Å²) >= 11 is 6.18. The molecule has 1 aromatic rings. The Balaban J connectivity index is 2.10. The molecular weight excluding hydrogens is 288 g/mol. The summed E-state index contributed by atoms with van der Waals surface area (Å²) in [5.41, 5.74) is 0.877. The molecule has 3 rings (SSSR count). The van der Waals surface area contributed by atoms with E-state index in [9.17, 15) is 9.90 Å². The van der Waals surface area contributed by atoms with Gasteiger partial charge in [-0.3, -0.25) is 0 Å². The summed E-state index contributed by atoms with van der Waals surface area (Å²) in [7, 11) is 1.35. The zero-order valence-electron chi connectivity index (χ0n) is 12.5. The van der Waals surface area contributed by atoms with Gasteiger partial charge < -0.3 is 9.84 Å². The average molecular weight is 309 g/mol. The molecule has 2 aliphatic rings. The number of halogens is 1. The molecular formula is C17H21ClO3. The van der Waals surface area contributed by atoms with Crippen LogP contribution in [0.5, 0.6) is 0 Å². The second kappa shape index (κ2) is 4.99. The van der Waals surface area contributed by atoms with Gasteiger partial charge in [0, 0.05) is 10.9 Å². The van der Waals surface area contributed by atoms with E-state index in [0.717, 1.165) is 25.7 Å². The van der Waals surface area contributed by atoms with E-state index in [0.29, 0.717) is 11.4 Å². The standard InChI is InChI=1S/C17H21ClO3/c1-16-8-3-9-17(20,15(19)21-2)14(16)7-5-11-4-6-12(18)10-13(11)16/h4,6,10,14,20H,3,5,7-9H2,1-2H3/t14-,16-,17+/m1/s1. The number of benzene rings is 1. The van der Waals surface area contributed by atoms with Crippen molar-refractivity contribution in [1.82, 2.24) is 0 Å². The summed E-state index contributed by atoms with van der Waals surface area (Å²) < 4.78 is 4.88. The Labute approximate surface area is 130 Å². The summed E-state index contributed by atoms with van der Waals surface area (Å²) in [5, 5.41) is 11.7. The molecule has 114 valence electrons. The van der Waals surface area contributed by atoms with Gasteiger partial charge in [-0.25, -0.2) is 4.79 Å². The minimum atomic E-state index is -1.37. The molecule has 1 N–H and O–H groups in total. The van der Waals surface area contributed by atoms with Crippen LogP contribution in [0.15, 0.2) is 18.2 Å².